The van der Waals surface area contributed by atoms with Gasteiger partial charge in [0, 0.05) is 29.5 Å². The predicted octanol–water partition coefficient (Wildman–Crippen LogP) is 1.52. The standard InChI is InChI=1S/C20H22N4O4S/c1-5-24-16(25)15(29-17(24)14(10-21)18(26)27)11-22-12-7-6-8-13(9-12)23-19(28)20(2,3)4/h6-9,11,22H,5H2,1-4H3,(H,23,28)(H,26,27)/b15-11+,17-14-. The number of nitrogens with one attached hydrogen (secondary N) is 2. The summed E-state index contributed by atoms with van der Waals surface area (Å²) in [6.45, 7) is 7.39. The van der Waals surface area contributed by atoms with Crippen LogP contribution in [0.25, 0.3) is 11.8 Å². The Bertz CT molecular complexity index is 1160. The van der Waals surface area contributed by atoms with Crippen LogP contribution in [0.4, 0.5) is 11.4 Å². The second-order valence-electron chi connectivity index (χ2n) is 7.19. The molecule has 0 aliphatic carbocycles. The first-order valence-corrected chi connectivity index (χ1v) is 9.65. The number of aliphatic carboxylic acids is 1. The molecule has 1 amide bonds. The van der Waals surface area contributed by atoms with Gasteiger partial charge in [-0.3, -0.25) is 14.2 Å². The lowest BCUT2D eigenvalue weighted by atomic mass is 9.95. The van der Waals surface area contributed by atoms with Gasteiger partial charge >= 0.3 is 5.97 Å². The number of nitrogens with zero attached hydrogens (tertiary/aromatic N) is 2. The molecule has 9 heteroatoms. The summed E-state index contributed by atoms with van der Waals surface area (Å²) in [6.07, 6.45) is 1.46. The van der Waals surface area contributed by atoms with Crippen LogP contribution in [0.5, 0.6) is 0 Å². The van der Waals surface area contributed by atoms with Gasteiger partial charge in [-0.05, 0) is 25.1 Å². The molecule has 0 saturated heterocycles. The Labute approximate surface area is 171 Å². The number of rotatable bonds is 5. The van der Waals surface area contributed by atoms with E-state index >= 15 is 0 Å². The number of amides is 1. The number of carbonyl (C=O) groups excluding carboxylic acids is 1. The van der Waals surface area contributed by atoms with Crippen molar-refractivity contribution in [2.75, 3.05) is 10.6 Å². The number of hydrogen-bond acceptors (Lipinski definition) is 6. The smallest absolute Gasteiger partial charge is 0.349 e. The Morgan fingerprint density at radius 3 is 2.52 bits per heavy atom. The normalized spacial score (nSPS) is 12.9. The minimum absolute atomic E-state index is 0.103. The summed E-state index contributed by atoms with van der Waals surface area (Å²) in [5.41, 5.74) is -0.150. The lowest BCUT2D eigenvalue weighted by Crippen LogP contribution is -2.32. The summed E-state index contributed by atoms with van der Waals surface area (Å²) >= 11 is 0.931. The van der Waals surface area contributed by atoms with Crippen molar-refractivity contribution in [2.24, 2.45) is 5.41 Å². The largest absolute Gasteiger partial charge is 0.477 e. The van der Waals surface area contributed by atoms with Crippen molar-refractivity contribution in [1.82, 2.24) is 4.57 Å². The molecule has 0 unspecified atom stereocenters. The fourth-order valence-electron chi connectivity index (χ4n) is 2.33. The number of carboxylic acid groups (broad SMARTS) is 1. The van der Waals surface area contributed by atoms with Crippen molar-refractivity contribution in [2.45, 2.75) is 34.2 Å². The van der Waals surface area contributed by atoms with Crippen LogP contribution < -0.4 is 25.4 Å². The number of benzene rings is 1. The van der Waals surface area contributed by atoms with Gasteiger partial charge in [0.1, 0.15) is 15.3 Å². The van der Waals surface area contributed by atoms with E-state index in [-0.39, 0.29) is 27.2 Å². The maximum Gasteiger partial charge on any atom is 0.349 e. The maximum absolute atomic E-state index is 12.5. The minimum atomic E-state index is -1.38. The molecule has 0 radical (unpaired) electrons. The number of aromatic nitrogens is 1. The van der Waals surface area contributed by atoms with Crippen LogP contribution in [0.2, 0.25) is 0 Å². The number of carbonyl (C=O) groups is 2. The lowest BCUT2D eigenvalue weighted by Gasteiger charge is -2.18. The van der Waals surface area contributed by atoms with Gasteiger partial charge in [0.15, 0.2) is 5.57 Å². The molecular formula is C20H22N4O4S. The quantitative estimate of drug-likeness (QED) is 0.681. The number of thiazole rings is 1. The highest BCUT2D eigenvalue weighted by Gasteiger charge is 2.21. The van der Waals surface area contributed by atoms with E-state index in [1.165, 1.54) is 10.8 Å². The summed E-state index contributed by atoms with van der Waals surface area (Å²) in [5, 5.41) is 24.1. The van der Waals surface area contributed by atoms with Gasteiger partial charge in [0.25, 0.3) is 5.56 Å². The van der Waals surface area contributed by atoms with E-state index in [4.69, 9.17) is 5.26 Å². The molecule has 1 aromatic heterocycles. The lowest BCUT2D eigenvalue weighted by molar-refractivity contribution is -0.130. The molecule has 2 rings (SSSR count). The van der Waals surface area contributed by atoms with E-state index < -0.39 is 17.0 Å². The van der Waals surface area contributed by atoms with Gasteiger partial charge in [-0.2, -0.15) is 5.26 Å². The number of hydrogen-bond donors (Lipinski definition) is 3. The average Bonchev–Trinajstić information content (AvgIpc) is 2.95. The van der Waals surface area contributed by atoms with Crippen molar-refractivity contribution in [3.8, 4) is 6.07 Å². The average molecular weight is 414 g/mol. The summed E-state index contributed by atoms with van der Waals surface area (Å²) in [4.78, 5) is 35.9. The molecule has 0 fully saturated rings. The molecule has 0 saturated carbocycles. The molecule has 1 aromatic carbocycles. The molecule has 1 heterocycles. The fraction of sp³-hybridized carbons (Fsp3) is 0.300. The molecular weight excluding hydrogens is 392 g/mol. The van der Waals surface area contributed by atoms with Crippen molar-refractivity contribution in [1.29, 1.82) is 5.26 Å². The highest BCUT2D eigenvalue weighted by molar-refractivity contribution is 7.07. The predicted molar refractivity (Wildman–Crippen MR) is 113 cm³/mol. The monoisotopic (exact) mass is 414 g/mol. The van der Waals surface area contributed by atoms with Gasteiger partial charge in [0.05, 0.1) is 0 Å². The summed E-state index contributed by atoms with van der Waals surface area (Å²) in [6, 6.07) is 8.63. The highest BCUT2D eigenvalue weighted by Crippen LogP contribution is 2.19. The molecule has 29 heavy (non-hydrogen) atoms. The van der Waals surface area contributed by atoms with Crippen LogP contribution >= 0.6 is 11.3 Å². The minimum Gasteiger partial charge on any atom is -0.477 e. The second-order valence-corrected chi connectivity index (χ2v) is 8.22. The molecule has 0 aliphatic heterocycles. The summed E-state index contributed by atoms with van der Waals surface area (Å²) < 4.78 is 1.62. The zero-order valence-electron chi connectivity index (χ0n) is 16.6. The zero-order valence-corrected chi connectivity index (χ0v) is 17.4. The molecule has 2 aromatic rings. The molecule has 0 atom stereocenters. The molecule has 0 bridgehead atoms. The van der Waals surface area contributed by atoms with Gasteiger partial charge in [0.2, 0.25) is 5.91 Å². The number of anilines is 2. The van der Waals surface area contributed by atoms with Crippen molar-refractivity contribution >= 4 is 46.4 Å². The first-order chi connectivity index (χ1) is 13.6. The first-order valence-electron chi connectivity index (χ1n) is 8.84. The Morgan fingerprint density at radius 1 is 1.31 bits per heavy atom. The van der Waals surface area contributed by atoms with E-state index in [0.717, 1.165) is 11.3 Å². The third-order valence-electron chi connectivity index (χ3n) is 3.94. The van der Waals surface area contributed by atoms with Crippen molar-refractivity contribution < 1.29 is 14.7 Å². The third-order valence-corrected chi connectivity index (χ3v) is 5.07. The fourth-order valence-corrected chi connectivity index (χ4v) is 3.41. The summed E-state index contributed by atoms with van der Waals surface area (Å²) in [5.74, 6) is -1.50. The van der Waals surface area contributed by atoms with Crippen LogP contribution in [-0.2, 0) is 16.1 Å². The van der Waals surface area contributed by atoms with Crippen LogP contribution in [-0.4, -0.2) is 21.6 Å². The molecule has 3 N–H and O–H groups in total. The molecule has 0 spiro atoms. The van der Waals surface area contributed by atoms with Crippen molar-refractivity contribution in [3.63, 3.8) is 0 Å². The van der Waals surface area contributed by atoms with Gasteiger partial charge in [-0.25, -0.2) is 4.79 Å². The van der Waals surface area contributed by atoms with Crippen LogP contribution in [0.1, 0.15) is 27.7 Å². The number of nitriles is 1. The Balaban J connectivity index is 2.41. The van der Waals surface area contributed by atoms with E-state index in [0.29, 0.717) is 11.4 Å². The van der Waals surface area contributed by atoms with Crippen LogP contribution in [0.15, 0.2) is 29.1 Å². The van der Waals surface area contributed by atoms with Gasteiger partial charge in [-0.15, -0.1) is 11.3 Å². The maximum atomic E-state index is 12.5. The Morgan fingerprint density at radius 2 is 1.97 bits per heavy atom. The highest BCUT2D eigenvalue weighted by atomic mass is 32.1. The third kappa shape index (κ3) is 5.12. The SMILES string of the molecule is CCn1c(=O)/c(=C\Nc2cccc(NC(=O)C(C)(C)C)c2)s/c1=C(/C#N)C(=O)O. The Kier molecular flexibility index (Phi) is 6.61. The molecule has 8 nitrogen and oxygen atoms in total. The Hall–Kier alpha value is -3.38. The van der Waals surface area contributed by atoms with E-state index in [9.17, 15) is 19.5 Å². The van der Waals surface area contributed by atoms with Crippen molar-refractivity contribution in [3.05, 3.63) is 43.8 Å². The van der Waals surface area contributed by atoms with Crippen LogP contribution in [0, 0.1) is 16.7 Å². The topological polar surface area (TPSA) is 124 Å². The van der Waals surface area contributed by atoms with Gasteiger partial charge in [-0.1, -0.05) is 26.8 Å². The molecule has 0 aliphatic rings. The van der Waals surface area contributed by atoms with Crippen LogP contribution in [0.3, 0.4) is 0 Å². The van der Waals surface area contributed by atoms with E-state index in [1.807, 2.05) is 20.8 Å². The number of carboxylic acids is 1. The first kappa shape index (κ1) is 21.9. The second kappa shape index (κ2) is 8.75. The van der Waals surface area contributed by atoms with E-state index in [1.54, 1.807) is 37.3 Å². The van der Waals surface area contributed by atoms with E-state index in [2.05, 4.69) is 10.6 Å². The zero-order chi connectivity index (χ0) is 21.8. The molecule has 152 valence electrons. The van der Waals surface area contributed by atoms with Gasteiger partial charge < -0.3 is 15.7 Å². The summed E-state index contributed by atoms with van der Waals surface area (Å²) in [7, 11) is 0.